The fourth-order valence-corrected chi connectivity index (χ4v) is 3.40. The fraction of sp³-hybridized carbons (Fsp3) is 0.667. The van der Waals surface area contributed by atoms with Crippen LogP contribution in [-0.4, -0.2) is 44.7 Å². The molecule has 0 radical (unpaired) electrons. The lowest BCUT2D eigenvalue weighted by Crippen LogP contribution is -2.30. The molecule has 0 aliphatic carbocycles. The van der Waals surface area contributed by atoms with Crippen molar-refractivity contribution in [1.82, 2.24) is 10.2 Å². The van der Waals surface area contributed by atoms with Gasteiger partial charge in [-0.15, -0.1) is 0 Å². The molecule has 1 aromatic rings. The highest BCUT2D eigenvalue weighted by Gasteiger charge is 2.14. The van der Waals surface area contributed by atoms with E-state index < -0.39 is 0 Å². The van der Waals surface area contributed by atoms with Crippen molar-refractivity contribution in [2.24, 2.45) is 5.92 Å². The zero-order valence-electron chi connectivity index (χ0n) is 13.2. The maximum Gasteiger partial charge on any atom is 0.122 e. The lowest BCUT2D eigenvalue weighted by Gasteiger charge is -2.25. The summed E-state index contributed by atoms with van der Waals surface area (Å²) in [7, 11) is 2.26. The first-order valence-corrected chi connectivity index (χ1v) is 8.45. The molecule has 2 aliphatic heterocycles. The van der Waals surface area contributed by atoms with Gasteiger partial charge in [0.05, 0.1) is 6.61 Å². The quantitative estimate of drug-likeness (QED) is 0.870. The second-order valence-corrected chi connectivity index (χ2v) is 6.58. The van der Waals surface area contributed by atoms with Gasteiger partial charge < -0.3 is 15.0 Å². The molecule has 0 atom stereocenters. The number of likely N-dealkylation sites (N-methyl/N-ethyl adjacent to an activating group) is 1. The molecular formula is C18H28N2O. The Balaban J connectivity index is 1.40. The molecule has 116 valence electrons. The van der Waals surface area contributed by atoms with Gasteiger partial charge in [0.2, 0.25) is 0 Å². The van der Waals surface area contributed by atoms with Crippen LogP contribution in [0.5, 0.6) is 5.75 Å². The van der Waals surface area contributed by atoms with E-state index >= 15 is 0 Å². The summed E-state index contributed by atoms with van der Waals surface area (Å²) in [5.74, 6) is 2.03. The zero-order chi connectivity index (χ0) is 14.5. The predicted octanol–water partition coefficient (Wildman–Crippen LogP) is 2.49. The van der Waals surface area contributed by atoms with Crippen molar-refractivity contribution in [2.75, 3.05) is 39.8 Å². The minimum atomic E-state index is 0.856. The SMILES string of the molecule is CN(CCc1ccc2c(c1)CCO2)CCC1CCNCC1. The van der Waals surface area contributed by atoms with Gasteiger partial charge in [0.15, 0.2) is 0 Å². The van der Waals surface area contributed by atoms with E-state index in [4.69, 9.17) is 4.74 Å². The minimum absolute atomic E-state index is 0.856. The van der Waals surface area contributed by atoms with E-state index in [0.29, 0.717) is 0 Å². The summed E-state index contributed by atoms with van der Waals surface area (Å²) in [6, 6.07) is 6.71. The van der Waals surface area contributed by atoms with E-state index in [1.807, 2.05) is 0 Å². The Morgan fingerprint density at radius 1 is 1.24 bits per heavy atom. The Labute approximate surface area is 128 Å². The maximum absolute atomic E-state index is 5.57. The Kier molecular flexibility index (Phi) is 5.15. The first-order chi connectivity index (χ1) is 10.3. The van der Waals surface area contributed by atoms with Crippen molar-refractivity contribution in [1.29, 1.82) is 0 Å². The molecule has 1 fully saturated rings. The molecule has 21 heavy (non-hydrogen) atoms. The van der Waals surface area contributed by atoms with E-state index in [2.05, 4.69) is 35.5 Å². The first kappa shape index (κ1) is 14.9. The third kappa shape index (κ3) is 4.21. The second kappa shape index (κ2) is 7.28. The summed E-state index contributed by atoms with van der Waals surface area (Å²) in [6.07, 6.45) is 6.30. The van der Waals surface area contributed by atoms with Gasteiger partial charge in [0, 0.05) is 13.0 Å². The molecule has 3 heteroatoms. The lowest BCUT2D eigenvalue weighted by molar-refractivity contribution is 0.273. The second-order valence-electron chi connectivity index (χ2n) is 6.58. The highest BCUT2D eigenvalue weighted by atomic mass is 16.5. The molecule has 2 aliphatic rings. The van der Waals surface area contributed by atoms with Crippen LogP contribution >= 0.6 is 0 Å². The molecule has 0 amide bonds. The van der Waals surface area contributed by atoms with Gasteiger partial charge >= 0.3 is 0 Å². The number of hydrogen-bond acceptors (Lipinski definition) is 3. The summed E-state index contributed by atoms with van der Waals surface area (Å²) in [5.41, 5.74) is 2.85. The molecule has 1 saturated heterocycles. The standard InChI is InChI=1S/C18H28N2O/c1-20(11-6-15-4-9-19-10-5-15)12-7-16-2-3-18-17(14-16)8-13-21-18/h2-3,14-15,19H,4-13H2,1H3. The van der Waals surface area contributed by atoms with Crippen LogP contribution < -0.4 is 10.1 Å². The Hall–Kier alpha value is -1.06. The Morgan fingerprint density at radius 3 is 2.95 bits per heavy atom. The van der Waals surface area contributed by atoms with Gasteiger partial charge in [-0.25, -0.2) is 0 Å². The molecule has 1 aromatic carbocycles. The maximum atomic E-state index is 5.57. The normalized spacial score (nSPS) is 18.8. The van der Waals surface area contributed by atoms with Crippen LogP contribution in [0.25, 0.3) is 0 Å². The van der Waals surface area contributed by atoms with Crippen molar-refractivity contribution in [3.63, 3.8) is 0 Å². The number of rotatable bonds is 6. The summed E-state index contributed by atoms with van der Waals surface area (Å²) >= 11 is 0. The fourth-order valence-electron chi connectivity index (χ4n) is 3.40. The number of fused-ring (bicyclic) bond motifs is 1. The summed E-state index contributed by atoms with van der Waals surface area (Å²) in [6.45, 7) is 5.68. The number of benzene rings is 1. The van der Waals surface area contributed by atoms with Crippen LogP contribution in [0, 0.1) is 5.92 Å². The topological polar surface area (TPSA) is 24.5 Å². The van der Waals surface area contributed by atoms with Gasteiger partial charge in [-0.1, -0.05) is 12.1 Å². The van der Waals surface area contributed by atoms with Crippen molar-refractivity contribution in [3.05, 3.63) is 29.3 Å². The monoisotopic (exact) mass is 288 g/mol. The average Bonchev–Trinajstić information content (AvgIpc) is 2.99. The molecule has 0 saturated carbocycles. The smallest absolute Gasteiger partial charge is 0.122 e. The number of piperidine rings is 1. The van der Waals surface area contributed by atoms with Gasteiger partial charge in [-0.05, 0) is 75.5 Å². The third-order valence-corrected chi connectivity index (χ3v) is 4.91. The van der Waals surface area contributed by atoms with Gasteiger partial charge in [0.1, 0.15) is 5.75 Å². The minimum Gasteiger partial charge on any atom is -0.493 e. The number of ether oxygens (including phenoxy) is 1. The van der Waals surface area contributed by atoms with Crippen molar-refractivity contribution >= 4 is 0 Å². The molecule has 3 rings (SSSR count). The highest BCUT2D eigenvalue weighted by molar-refractivity contribution is 5.39. The number of nitrogens with zero attached hydrogens (tertiary/aromatic N) is 1. The first-order valence-electron chi connectivity index (χ1n) is 8.45. The molecule has 0 unspecified atom stereocenters. The van der Waals surface area contributed by atoms with Gasteiger partial charge in [-0.2, -0.15) is 0 Å². The van der Waals surface area contributed by atoms with Gasteiger partial charge in [0.25, 0.3) is 0 Å². The van der Waals surface area contributed by atoms with Crippen LogP contribution in [0.4, 0.5) is 0 Å². The zero-order valence-corrected chi connectivity index (χ0v) is 13.2. The third-order valence-electron chi connectivity index (χ3n) is 4.91. The van der Waals surface area contributed by atoms with Crippen molar-refractivity contribution < 1.29 is 4.74 Å². The van der Waals surface area contributed by atoms with E-state index in [1.165, 1.54) is 50.0 Å². The van der Waals surface area contributed by atoms with Crippen LogP contribution in [0.3, 0.4) is 0 Å². The molecule has 0 bridgehead atoms. The van der Waals surface area contributed by atoms with Gasteiger partial charge in [-0.3, -0.25) is 0 Å². The largest absolute Gasteiger partial charge is 0.493 e. The van der Waals surface area contributed by atoms with Crippen LogP contribution in [0.2, 0.25) is 0 Å². The van der Waals surface area contributed by atoms with E-state index in [9.17, 15) is 0 Å². The van der Waals surface area contributed by atoms with Crippen molar-refractivity contribution in [2.45, 2.75) is 32.1 Å². The summed E-state index contributed by atoms with van der Waals surface area (Å²) in [4.78, 5) is 2.49. The Morgan fingerprint density at radius 2 is 2.10 bits per heavy atom. The van der Waals surface area contributed by atoms with E-state index in [1.54, 1.807) is 0 Å². The Bertz CT molecular complexity index is 455. The molecule has 2 heterocycles. The number of nitrogens with one attached hydrogen (secondary N) is 1. The molecule has 3 nitrogen and oxygen atoms in total. The van der Waals surface area contributed by atoms with Crippen LogP contribution in [0.1, 0.15) is 30.4 Å². The number of hydrogen-bond donors (Lipinski definition) is 1. The lowest BCUT2D eigenvalue weighted by atomic mass is 9.94. The van der Waals surface area contributed by atoms with E-state index in [-0.39, 0.29) is 0 Å². The highest BCUT2D eigenvalue weighted by Crippen LogP contribution is 2.26. The molecular weight excluding hydrogens is 260 g/mol. The predicted molar refractivity (Wildman–Crippen MR) is 87.1 cm³/mol. The molecule has 1 N–H and O–H groups in total. The van der Waals surface area contributed by atoms with Crippen LogP contribution in [0.15, 0.2) is 18.2 Å². The summed E-state index contributed by atoms with van der Waals surface area (Å²) in [5, 5.41) is 3.45. The average molecular weight is 288 g/mol. The van der Waals surface area contributed by atoms with Crippen LogP contribution in [-0.2, 0) is 12.8 Å². The molecule has 0 spiro atoms. The van der Waals surface area contributed by atoms with E-state index in [0.717, 1.165) is 37.7 Å². The molecule has 0 aromatic heterocycles. The van der Waals surface area contributed by atoms with Crippen molar-refractivity contribution in [3.8, 4) is 5.75 Å². The summed E-state index contributed by atoms with van der Waals surface area (Å²) < 4.78 is 5.57.